The van der Waals surface area contributed by atoms with Gasteiger partial charge in [-0.3, -0.25) is 14.4 Å². The van der Waals surface area contributed by atoms with E-state index in [1.54, 1.807) is 18.2 Å². The molecule has 0 aliphatic heterocycles. The van der Waals surface area contributed by atoms with Gasteiger partial charge < -0.3 is 25.8 Å². The lowest BCUT2D eigenvalue weighted by molar-refractivity contribution is -0.131. The summed E-state index contributed by atoms with van der Waals surface area (Å²) in [4.78, 5) is 40.0. The number of carbonyl (C=O) groups excluding carboxylic acids is 3. The lowest BCUT2D eigenvalue weighted by Crippen LogP contribution is -2.55. The van der Waals surface area contributed by atoms with Crippen molar-refractivity contribution in [2.24, 2.45) is 5.92 Å². The zero-order valence-electron chi connectivity index (χ0n) is 25.1. The minimum absolute atomic E-state index is 0.0397. The first kappa shape index (κ1) is 32.1. The molecular weight excluding hydrogens is 566 g/mol. The second-order valence-electron chi connectivity index (χ2n) is 11.6. The molecule has 3 amide bonds. The van der Waals surface area contributed by atoms with Crippen LogP contribution in [0, 0.1) is 5.92 Å². The molecule has 3 aromatic rings. The first-order valence-corrected chi connectivity index (χ1v) is 15.5. The number of nitrogens with zero attached hydrogens (tertiary/aromatic N) is 1. The van der Waals surface area contributed by atoms with Gasteiger partial charge in [0.1, 0.15) is 18.3 Å². The van der Waals surface area contributed by atoms with Gasteiger partial charge in [-0.1, -0.05) is 74.6 Å². The number of rotatable bonds is 13. The van der Waals surface area contributed by atoms with Crippen LogP contribution in [0.2, 0.25) is 5.02 Å². The van der Waals surface area contributed by atoms with E-state index in [0.29, 0.717) is 35.8 Å². The molecular formula is C33H42ClN5O4. The van der Waals surface area contributed by atoms with Crippen LogP contribution in [-0.2, 0) is 16.1 Å². The Balaban J connectivity index is 1.36. The van der Waals surface area contributed by atoms with Gasteiger partial charge in [0.2, 0.25) is 11.8 Å². The molecule has 1 saturated carbocycles. The lowest BCUT2D eigenvalue weighted by Gasteiger charge is -2.34. The number of halogens is 1. The normalized spacial score (nSPS) is 18.0. The summed E-state index contributed by atoms with van der Waals surface area (Å²) >= 11 is 6.27. The third kappa shape index (κ3) is 9.32. The van der Waals surface area contributed by atoms with Crippen molar-refractivity contribution in [3.63, 3.8) is 0 Å². The van der Waals surface area contributed by atoms with E-state index >= 15 is 0 Å². The Bertz CT molecular complexity index is 1350. The second-order valence-corrected chi connectivity index (χ2v) is 12.1. The van der Waals surface area contributed by atoms with E-state index in [-0.39, 0.29) is 35.6 Å². The summed E-state index contributed by atoms with van der Waals surface area (Å²) in [5.41, 5.74) is 2.52. The van der Waals surface area contributed by atoms with Gasteiger partial charge >= 0.3 is 0 Å². The summed E-state index contributed by atoms with van der Waals surface area (Å²) < 4.78 is 4.81. The van der Waals surface area contributed by atoms with E-state index in [1.165, 1.54) is 6.26 Å². The number of amides is 3. The maximum absolute atomic E-state index is 13.6. The molecule has 9 nitrogen and oxygen atoms in total. The first-order valence-electron chi connectivity index (χ1n) is 15.1. The van der Waals surface area contributed by atoms with Gasteiger partial charge in [-0.2, -0.15) is 0 Å². The van der Waals surface area contributed by atoms with Crippen LogP contribution in [-0.4, -0.2) is 41.0 Å². The Labute approximate surface area is 258 Å². The molecule has 230 valence electrons. The van der Waals surface area contributed by atoms with Crippen molar-refractivity contribution in [2.75, 3.05) is 5.32 Å². The third-order valence-electron chi connectivity index (χ3n) is 7.87. The van der Waals surface area contributed by atoms with E-state index in [1.807, 2.05) is 51.1 Å². The Kier molecular flexibility index (Phi) is 11.6. The fourth-order valence-corrected chi connectivity index (χ4v) is 5.76. The van der Waals surface area contributed by atoms with Crippen LogP contribution >= 0.6 is 11.6 Å². The van der Waals surface area contributed by atoms with Gasteiger partial charge in [-0.15, -0.1) is 0 Å². The average Bonchev–Trinajstić information content (AvgIpc) is 3.52. The third-order valence-corrected chi connectivity index (χ3v) is 8.10. The summed E-state index contributed by atoms with van der Waals surface area (Å²) in [5, 5.41) is 16.6. The molecule has 10 heteroatoms. The minimum Gasteiger partial charge on any atom is -0.363 e. The number of hydrogen-bond acceptors (Lipinski definition) is 6. The van der Waals surface area contributed by atoms with Crippen LogP contribution in [0.4, 0.5) is 5.82 Å². The zero-order chi connectivity index (χ0) is 30.8. The first-order chi connectivity index (χ1) is 20.7. The highest BCUT2D eigenvalue weighted by Crippen LogP contribution is 2.34. The molecule has 1 heterocycles. The molecule has 0 spiro atoms. The number of anilines is 1. The van der Waals surface area contributed by atoms with E-state index in [0.717, 1.165) is 36.8 Å². The molecule has 0 unspecified atom stereocenters. The molecule has 1 fully saturated rings. The Morgan fingerprint density at radius 3 is 2.42 bits per heavy atom. The molecule has 0 saturated heterocycles. The van der Waals surface area contributed by atoms with Gasteiger partial charge in [0, 0.05) is 35.2 Å². The zero-order valence-corrected chi connectivity index (χ0v) is 25.8. The summed E-state index contributed by atoms with van der Waals surface area (Å²) in [6.07, 6.45) is 6.32. The van der Waals surface area contributed by atoms with Gasteiger partial charge in [0.15, 0.2) is 5.82 Å². The summed E-state index contributed by atoms with van der Waals surface area (Å²) in [6.45, 7) is 6.39. The van der Waals surface area contributed by atoms with Gasteiger partial charge in [-0.05, 0) is 67.0 Å². The number of benzene rings is 2. The van der Waals surface area contributed by atoms with Crippen molar-refractivity contribution in [1.82, 2.24) is 21.1 Å². The summed E-state index contributed by atoms with van der Waals surface area (Å²) in [5.74, 6) is 0.0475. The van der Waals surface area contributed by atoms with Crippen LogP contribution in [0.1, 0.15) is 86.7 Å². The highest BCUT2D eigenvalue weighted by molar-refractivity contribution is 6.30. The van der Waals surface area contributed by atoms with Crippen molar-refractivity contribution in [1.29, 1.82) is 0 Å². The number of carbonyl (C=O) groups is 3. The second kappa shape index (κ2) is 15.6. The largest absolute Gasteiger partial charge is 0.363 e. The standard InChI is InChI=1S/C33H42ClN5O4/c1-4-27(36-31(40)23-14-12-22(13-15-23)20-35-30-16-17-43-39-30)32(41)38-29(18-21(2)3)33(42)37-28-11-6-5-10-26(28)24-8-7-9-25(34)19-24/h7-9,12-17,19,21,26-29H,4-6,10-11,18,20H2,1-3H3,(H,35,39)(H,36,40)(H,37,42)(H,38,41)/t26-,27-,28+,29-/m0/s1. The molecule has 1 aliphatic carbocycles. The smallest absolute Gasteiger partial charge is 0.251 e. The molecule has 1 aliphatic rings. The molecule has 4 rings (SSSR count). The van der Waals surface area contributed by atoms with Crippen LogP contribution in [0.15, 0.2) is 65.4 Å². The SMILES string of the molecule is CC[C@H](NC(=O)c1ccc(CNc2ccon2)cc1)C(=O)N[C@@H](CC(C)C)C(=O)N[C@@H]1CCCC[C@H]1c1cccc(Cl)c1. The van der Waals surface area contributed by atoms with Crippen LogP contribution < -0.4 is 21.3 Å². The average molecular weight is 608 g/mol. The Morgan fingerprint density at radius 2 is 1.74 bits per heavy atom. The highest BCUT2D eigenvalue weighted by Gasteiger charge is 2.32. The number of hydrogen-bond donors (Lipinski definition) is 4. The monoisotopic (exact) mass is 607 g/mol. The highest BCUT2D eigenvalue weighted by atomic mass is 35.5. The maximum atomic E-state index is 13.6. The maximum Gasteiger partial charge on any atom is 0.251 e. The molecule has 43 heavy (non-hydrogen) atoms. The van der Waals surface area contributed by atoms with E-state index in [9.17, 15) is 14.4 Å². The molecule has 4 atom stereocenters. The van der Waals surface area contributed by atoms with Crippen molar-refractivity contribution < 1.29 is 18.9 Å². The molecule has 1 aromatic heterocycles. The lowest BCUT2D eigenvalue weighted by atomic mass is 9.80. The fourth-order valence-electron chi connectivity index (χ4n) is 5.56. The number of nitrogens with one attached hydrogen (secondary N) is 4. The minimum atomic E-state index is -0.780. The van der Waals surface area contributed by atoms with Gasteiger partial charge in [0.25, 0.3) is 5.91 Å². The Hall–Kier alpha value is -3.85. The topological polar surface area (TPSA) is 125 Å². The van der Waals surface area contributed by atoms with Crippen molar-refractivity contribution >= 4 is 35.1 Å². The quantitative estimate of drug-likeness (QED) is 0.194. The molecule has 0 bridgehead atoms. The molecule has 0 radical (unpaired) electrons. The van der Waals surface area contributed by atoms with Crippen LogP contribution in [0.25, 0.3) is 0 Å². The molecule has 2 aromatic carbocycles. The van der Waals surface area contributed by atoms with E-state index in [4.69, 9.17) is 16.1 Å². The van der Waals surface area contributed by atoms with Crippen LogP contribution in [0.5, 0.6) is 0 Å². The van der Waals surface area contributed by atoms with Gasteiger partial charge in [-0.25, -0.2) is 0 Å². The van der Waals surface area contributed by atoms with E-state index in [2.05, 4.69) is 32.5 Å². The summed E-state index contributed by atoms with van der Waals surface area (Å²) in [6, 6.07) is 15.1. The van der Waals surface area contributed by atoms with Crippen molar-refractivity contribution in [2.45, 2.75) is 89.9 Å². The van der Waals surface area contributed by atoms with Crippen LogP contribution in [0.3, 0.4) is 0 Å². The van der Waals surface area contributed by atoms with Crippen molar-refractivity contribution in [3.8, 4) is 0 Å². The van der Waals surface area contributed by atoms with Crippen molar-refractivity contribution in [3.05, 3.63) is 82.6 Å². The predicted octanol–water partition coefficient (Wildman–Crippen LogP) is 5.82. The van der Waals surface area contributed by atoms with E-state index < -0.39 is 12.1 Å². The fraction of sp³-hybridized carbons (Fsp3) is 0.455. The van der Waals surface area contributed by atoms with Gasteiger partial charge in [0.05, 0.1) is 0 Å². The predicted molar refractivity (Wildman–Crippen MR) is 168 cm³/mol. The number of aromatic nitrogens is 1. The summed E-state index contributed by atoms with van der Waals surface area (Å²) in [7, 11) is 0. The Morgan fingerprint density at radius 1 is 0.977 bits per heavy atom. The molecule has 4 N–H and O–H groups in total.